The molecule has 17 heavy (non-hydrogen) atoms. The van der Waals surface area contributed by atoms with Gasteiger partial charge in [0.15, 0.2) is 5.78 Å². The van der Waals surface area contributed by atoms with E-state index in [9.17, 15) is 9.59 Å². The van der Waals surface area contributed by atoms with E-state index in [1.165, 1.54) is 0 Å². The van der Waals surface area contributed by atoms with Gasteiger partial charge in [0.2, 0.25) is 5.91 Å². The molecule has 0 aliphatic carbocycles. The molecule has 1 heterocycles. The van der Waals surface area contributed by atoms with Gasteiger partial charge in [-0.25, -0.2) is 0 Å². The highest BCUT2D eigenvalue weighted by Crippen LogP contribution is 2.31. The van der Waals surface area contributed by atoms with Crippen molar-refractivity contribution in [1.29, 1.82) is 0 Å². The lowest BCUT2D eigenvalue weighted by Gasteiger charge is -2.34. The first-order chi connectivity index (χ1) is 8.15. The Balaban J connectivity index is 2.43. The zero-order valence-corrected chi connectivity index (χ0v) is 9.85. The molecule has 4 heteroatoms. The van der Waals surface area contributed by atoms with Crippen LogP contribution in [0.1, 0.15) is 31.4 Å². The lowest BCUT2D eigenvalue weighted by atomic mass is 9.92. The van der Waals surface area contributed by atoms with E-state index in [2.05, 4.69) is 0 Å². The predicted molar refractivity (Wildman–Crippen MR) is 65.2 cm³/mol. The van der Waals surface area contributed by atoms with E-state index in [4.69, 9.17) is 5.73 Å². The molecule has 0 aromatic heterocycles. The average Bonchev–Trinajstić information content (AvgIpc) is 2.33. The lowest BCUT2D eigenvalue weighted by Crippen LogP contribution is -2.43. The number of amides is 1. The van der Waals surface area contributed by atoms with Gasteiger partial charge in [-0.1, -0.05) is 18.2 Å². The molecule has 0 spiro atoms. The Morgan fingerprint density at radius 3 is 2.65 bits per heavy atom. The second kappa shape index (κ2) is 4.57. The SMILES string of the molecule is CCN1C(=O)CCC(=O)C1c1ccccc1N. The summed E-state index contributed by atoms with van der Waals surface area (Å²) in [4.78, 5) is 25.4. The predicted octanol–water partition coefficient (Wildman–Crippen LogP) is 1.52. The van der Waals surface area contributed by atoms with Gasteiger partial charge in [0.25, 0.3) is 0 Å². The van der Waals surface area contributed by atoms with Crippen LogP contribution in [0.3, 0.4) is 0 Å². The van der Waals surface area contributed by atoms with E-state index in [1.807, 2.05) is 25.1 Å². The van der Waals surface area contributed by atoms with Gasteiger partial charge in [-0.2, -0.15) is 0 Å². The molecule has 1 saturated heterocycles. The average molecular weight is 232 g/mol. The van der Waals surface area contributed by atoms with Crippen molar-refractivity contribution in [3.63, 3.8) is 0 Å². The van der Waals surface area contributed by atoms with Crippen molar-refractivity contribution in [2.75, 3.05) is 12.3 Å². The Morgan fingerprint density at radius 2 is 2.00 bits per heavy atom. The quantitative estimate of drug-likeness (QED) is 0.786. The molecule has 2 rings (SSSR count). The van der Waals surface area contributed by atoms with Crippen LogP contribution in [0.25, 0.3) is 0 Å². The van der Waals surface area contributed by atoms with E-state index in [-0.39, 0.29) is 11.7 Å². The number of ketones is 1. The van der Waals surface area contributed by atoms with E-state index in [0.717, 1.165) is 5.56 Å². The molecule has 1 atom stereocenters. The fourth-order valence-corrected chi connectivity index (χ4v) is 2.29. The number of carbonyl (C=O) groups is 2. The van der Waals surface area contributed by atoms with Gasteiger partial charge < -0.3 is 10.6 Å². The Bertz CT molecular complexity index is 456. The fraction of sp³-hybridized carbons (Fsp3) is 0.385. The molecule has 0 saturated carbocycles. The van der Waals surface area contributed by atoms with Gasteiger partial charge in [-0.15, -0.1) is 0 Å². The maximum absolute atomic E-state index is 12.0. The van der Waals surface area contributed by atoms with Crippen molar-refractivity contribution < 1.29 is 9.59 Å². The number of carbonyl (C=O) groups excluding carboxylic acids is 2. The summed E-state index contributed by atoms with van der Waals surface area (Å²) in [6.07, 6.45) is 0.629. The molecular formula is C13H16N2O2. The molecule has 1 aromatic carbocycles. The molecule has 1 fully saturated rings. The molecular weight excluding hydrogens is 216 g/mol. The standard InChI is InChI=1S/C13H16N2O2/c1-2-15-12(17)8-7-11(16)13(15)9-5-3-4-6-10(9)14/h3-6,13H,2,7-8,14H2,1H3. The number of nitrogen functional groups attached to an aromatic ring is 1. The molecule has 0 bridgehead atoms. The van der Waals surface area contributed by atoms with Gasteiger partial charge in [0.05, 0.1) is 0 Å². The molecule has 1 aromatic rings. The van der Waals surface area contributed by atoms with Crippen LogP contribution in [0.2, 0.25) is 0 Å². The number of hydrogen-bond acceptors (Lipinski definition) is 3. The molecule has 90 valence electrons. The van der Waals surface area contributed by atoms with Crippen LogP contribution in [0, 0.1) is 0 Å². The first-order valence-electron chi connectivity index (χ1n) is 5.81. The van der Waals surface area contributed by atoms with Crippen molar-refractivity contribution in [3.8, 4) is 0 Å². The second-order valence-electron chi connectivity index (χ2n) is 4.18. The fourth-order valence-electron chi connectivity index (χ4n) is 2.29. The first-order valence-corrected chi connectivity index (χ1v) is 5.81. The Morgan fingerprint density at radius 1 is 1.29 bits per heavy atom. The smallest absolute Gasteiger partial charge is 0.223 e. The van der Waals surface area contributed by atoms with Crippen molar-refractivity contribution in [3.05, 3.63) is 29.8 Å². The summed E-state index contributed by atoms with van der Waals surface area (Å²) in [6, 6.07) is 6.74. The largest absolute Gasteiger partial charge is 0.398 e. The number of rotatable bonds is 2. The first kappa shape index (κ1) is 11.6. The highest BCUT2D eigenvalue weighted by atomic mass is 16.2. The minimum Gasteiger partial charge on any atom is -0.398 e. The second-order valence-corrected chi connectivity index (χ2v) is 4.18. The topological polar surface area (TPSA) is 63.4 Å². The number of hydrogen-bond donors (Lipinski definition) is 1. The number of nitrogens with two attached hydrogens (primary N) is 1. The summed E-state index contributed by atoms with van der Waals surface area (Å²) in [5.74, 6) is 0.102. The molecule has 0 radical (unpaired) electrons. The molecule has 1 aliphatic rings. The van der Waals surface area contributed by atoms with Crippen LogP contribution >= 0.6 is 0 Å². The van der Waals surface area contributed by atoms with Crippen molar-refractivity contribution in [1.82, 2.24) is 4.90 Å². The van der Waals surface area contributed by atoms with Gasteiger partial charge in [-0.05, 0) is 13.0 Å². The number of likely N-dealkylation sites (N-methyl/N-ethyl adjacent to an activating group) is 1. The zero-order chi connectivity index (χ0) is 12.4. The maximum Gasteiger partial charge on any atom is 0.223 e. The van der Waals surface area contributed by atoms with Crippen LogP contribution in [-0.2, 0) is 9.59 Å². The van der Waals surface area contributed by atoms with E-state index < -0.39 is 6.04 Å². The highest BCUT2D eigenvalue weighted by molar-refractivity contribution is 5.96. The van der Waals surface area contributed by atoms with Crippen LogP contribution in [-0.4, -0.2) is 23.1 Å². The number of Topliss-reactive ketones (excluding diaryl/α,β-unsaturated/α-hetero) is 1. The van der Waals surface area contributed by atoms with Crippen LogP contribution in [0.5, 0.6) is 0 Å². The van der Waals surface area contributed by atoms with Gasteiger partial charge in [0.1, 0.15) is 6.04 Å². The number of benzene rings is 1. The number of nitrogens with zero attached hydrogens (tertiary/aromatic N) is 1. The highest BCUT2D eigenvalue weighted by Gasteiger charge is 2.35. The van der Waals surface area contributed by atoms with Gasteiger partial charge in [-0.3, -0.25) is 9.59 Å². The molecule has 2 N–H and O–H groups in total. The summed E-state index contributed by atoms with van der Waals surface area (Å²) in [6.45, 7) is 2.41. The lowest BCUT2D eigenvalue weighted by molar-refractivity contribution is -0.145. The Labute approximate surface area is 100 Å². The van der Waals surface area contributed by atoms with E-state index >= 15 is 0 Å². The molecule has 1 amide bonds. The van der Waals surface area contributed by atoms with Crippen LogP contribution < -0.4 is 5.73 Å². The Hall–Kier alpha value is -1.84. The molecule has 1 aliphatic heterocycles. The number of likely N-dealkylation sites (tertiary alicyclic amines) is 1. The normalized spacial score (nSPS) is 20.8. The number of anilines is 1. The third-order valence-electron chi connectivity index (χ3n) is 3.15. The summed E-state index contributed by atoms with van der Waals surface area (Å²) in [7, 11) is 0. The third kappa shape index (κ3) is 2.02. The molecule has 4 nitrogen and oxygen atoms in total. The zero-order valence-electron chi connectivity index (χ0n) is 9.85. The molecule has 1 unspecified atom stereocenters. The van der Waals surface area contributed by atoms with Crippen molar-refractivity contribution in [2.45, 2.75) is 25.8 Å². The minimum atomic E-state index is -0.498. The third-order valence-corrected chi connectivity index (χ3v) is 3.15. The van der Waals surface area contributed by atoms with Crippen LogP contribution in [0.4, 0.5) is 5.69 Å². The summed E-state index contributed by atoms with van der Waals surface area (Å²) < 4.78 is 0. The summed E-state index contributed by atoms with van der Waals surface area (Å²) in [5.41, 5.74) is 7.20. The minimum absolute atomic E-state index is 0.0281. The van der Waals surface area contributed by atoms with Crippen molar-refractivity contribution >= 4 is 17.4 Å². The van der Waals surface area contributed by atoms with Gasteiger partial charge in [0, 0.05) is 30.6 Å². The van der Waals surface area contributed by atoms with E-state index in [1.54, 1.807) is 11.0 Å². The summed E-state index contributed by atoms with van der Waals surface area (Å²) >= 11 is 0. The summed E-state index contributed by atoms with van der Waals surface area (Å²) in [5, 5.41) is 0. The number of para-hydroxylation sites is 1. The van der Waals surface area contributed by atoms with Crippen molar-refractivity contribution in [2.24, 2.45) is 0 Å². The van der Waals surface area contributed by atoms with Crippen LogP contribution in [0.15, 0.2) is 24.3 Å². The number of piperidine rings is 1. The van der Waals surface area contributed by atoms with E-state index in [0.29, 0.717) is 25.1 Å². The Kier molecular flexibility index (Phi) is 3.13. The van der Waals surface area contributed by atoms with Gasteiger partial charge >= 0.3 is 0 Å². The monoisotopic (exact) mass is 232 g/mol. The maximum atomic E-state index is 12.0.